The molecule has 5 heteroatoms. The van der Waals surface area contributed by atoms with Crippen molar-refractivity contribution in [1.82, 2.24) is 4.90 Å². The average molecular weight is 345 g/mol. The van der Waals surface area contributed by atoms with E-state index < -0.39 is 0 Å². The van der Waals surface area contributed by atoms with Crippen LogP contribution in [0.2, 0.25) is 0 Å². The number of thioether (sulfide) groups is 1. The van der Waals surface area contributed by atoms with Crippen LogP contribution in [0.5, 0.6) is 0 Å². The van der Waals surface area contributed by atoms with Crippen molar-refractivity contribution in [2.75, 3.05) is 0 Å². The third-order valence-electron chi connectivity index (χ3n) is 3.85. The van der Waals surface area contributed by atoms with Crippen LogP contribution in [-0.2, 0) is 11.3 Å². The standard InChI is InChI=1S/C20H15N3OS/c24-19-17(13-15-7-3-1-4-8-15)18(22-20-23(19)11-12-25-20)21-14-16-9-5-2-6-10-16/h1-13H,14H2/b17-13-,21-18?. The average Bonchev–Trinajstić information content (AvgIpc) is 3.13. The minimum absolute atomic E-state index is 0.0954. The Kier molecular flexibility index (Phi) is 4.31. The molecule has 25 heavy (non-hydrogen) atoms. The van der Waals surface area contributed by atoms with Crippen LogP contribution in [0.4, 0.5) is 0 Å². The summed E-state index contributed by atoms with van der Waals surface area (Å²) < 4.78 is 0. The van der Waals surface area contributed by atoms with Crippen molar-refractivity contribution < 1.29 is 4.79 Å². The number of amides is 1. The predicted octanol–water partition coefficient (Wildman–Crippen LogP) is 4.08. The molecule has 0 unspecified atom stereocenters. The highest BCUT2D eigenvalue weighted by atomic mass is 32.2. The lowest BCUT2D eigenvalue weighted by Gasteiger charge is -2.21. The Morgan fingerprint density at radius 3 is 2.52 bits per heavy atom. The second-order valence-electron chi connectivity index (χ2n) is 5.57. The monoisotopic (exact) mass is 345 g/mol. The van der Waals surface area contributed by atoms with E-state index in [-0.39, 0.29) is 5.91 Å². The van der Waals surface area contributed by atoms with Gasteiger partial charge in [-0.05, 0) is 22.6 Å². The second kappa shape index (κ2) is 6.91. The smallest absolute Gasteiger partial charge is 0.267 e. The van der Waals surface area contributed by atoms with Crippen LogP contribution in [0.15, 0.2) is 87.8 Å². The van der Waals surface area contributed by atoms with Gasteiger partial charge in [0, 0.05) is 6.20 Å². The summed E-state index contributed by atoms with van der Waals surface area (Å²) in [6, 6.07) is 19.7. The van der Waals surface area contributed by atoms with E-state index in [1.54, 1.807) is 11.1 Å². The van der Waals surface area contributed by atoms with Crippen LogP contribution >= 0.6 is 11.8 Å². The summed E-state index contributed by atoms with van der Waals surface area (Å²) >= 11 is 1.43. The molecule has 2 aromatic rings. The lowest BCUT2D eigenvalue weighted by molar-refractivity contribution is -0.121. The molecular formula is C20H15N3OS. The molecule has 0 radical (unpaired) electrons. The van der Waals surface area contributed by atoms with E-state index in [4.69, 9.17) is 0 Å². The molecule has 0 bridgehead atoms. The normalized spacial score (nSPS) is 19.4. The first-order valence-corrected chi connectivity index (χ1v) is 8.80. The molecule has 2 heterocycles. The Bertz CT molecular complexity index is 914. The Balaban J connectivity index is 1.74. The number of amidine groups is 2. The summed E-state index contributed by atoms with van der Waals surface area (Å²) in [5, 5.41) is 2.51. The van der Waals surface area contributed by atoms with Crippen LogP contribution in [0.25, 0.3) is 6.08 Å². The van der Waals surface area contributed by atoms with E-state index in [1.807, 2.05) is 72.1 Å². The first-order valence-electron chi connectivity index (χ1n) is 7.92. The summed E-state index contributed by atoms with van der Waals surface area (Å²) in [5.74, 6) is 0.391. The SMILES string of the molecule is O=C1/C(=C\c2ccccc2)C(=NCc2ccccc2)N=C2SC=CN12. The largest absolute Gasteiger partial charge is 0.268 e. The molecule has 1 amide bonds. The lowest BCUT2D eigenvalue weighted by Crippen LogP contribution is -2.36. The van der Waals surface area contributed by atoms with Crippen LogP contribution in [0, 0.1) is 0 Å². The fraction of sp³-hybridized carbons (Fsp3) is 0.0500. The lowest BCUT2D eigenvalue weighted by atomic mass is 10.1. The summed E-state index contributed by atoms with van der Waals surface area (Å²) in [6.07, 6.45) is 3.60. The fourth-order valence-corrected chi connectivity index (χ4v) is 3.30. The molecule has 0 aromatic heterocycles. The molecule has 0 atom stereocenters. The third kappa shape index (κ3) is 3.32. The van der Waals surface area contributed by atoms with Gasteiger partial charge in [0.05, 0.1) is 12.1 Å². The number of hydrogen-bond acceptors (Lipinski definition) is 3. The maximum absolute atomic E-state index is 12.9. The Morgan fingerprint density at radius 2 is 1.76 bits per heavy atom. The molecule has 2 aliphatic rings. The van der Waals surface area contributed by atoms with Gasteiger partial charge in [-0.3, -0.25) is 14.7 Å². The van der Waals surface area contributed by atoms with E-state index in [2.05, 4.69) is 9.98 Å². The van der Waals surface area contributed by atoms with E-state index in [9.17, 15) is 4.79 Å². The zero-order valence-corrected chi connectivity index (χ0v) is 14.2. The van der Waals surface area contributed by atoms with Gasteiger partial charge in [0.15, 0.2) is 11.0 Å². The number of rotatable bonds is 3. The summed E-state index contributed by atoms with van der Waals surface area (Å²) in [6.45, 7) is 0.491. The molecule has 0 aliphatic carbocycles. The molecule has 122 valence electrons. The van der Waals surface area contributed by atoms with Crippen LogP contribution < -0.4 is 0 Å². The number of aliphatic imine (C=N–C) groups is 2. The Morgan fingerprint density at radius 1 is 1.04 bits per heavy atom. The van der Waals surface area contributed by atoms with Crippen molar-refractivity contribution in [1.29, 1.82) is 0 Å². The third-order valence-corrected chi connectivity index (χ3v) is 4.60. The van der Waals surface area contributed by atoms with Gasteiger partial charge in [-0.25, -0.2) is 4.99 Å². The number of fused-ring (bicyclic) bond motifs is 1. The number of benzene rings is 2. The maximum atomic E-state index is 12.9. The molecule has 0 saturated carbocycles. The molecule has 2 aromatic carbocycles. The van der Waals surface area contributed by atoms with Crippen LogP contribution in [-0.4, -0.2) is 21.8 Å². The topological polar surface area (TPSA) is 45.0 Å². The maximum Gasteiger partial charge on any atom is 0.267 e. The van der Waals surface area contributed by atoms with Gasteiger partial charge in [-0.1, -0.05) is 72.4 Å². The first-order chi connectivity index (χ1) is 12.3. The quantitative estimate of drug-likeness (QED) is 0.787. The van der Waals surface area contributed by atoms with Crippen molar-refractivity contribution in [3.05, 3.63) is 89.0 Å². The number of carbonyl (C=O) groups is 1. The molecule has 4 nitrogen and oxygen atoms in total. The van der Waals surface area contributed by atoms with Gasteiger partial charge in [-0.15, -0.1) is 0 Å². The van der Waals surface area contributed by atoms with E-state index >= 15 is 0 Å². The minimum atomic E-state index is -0.0954. The summed E-state index contributed by atoms with van der Waals surface area (Å²) in [5.41, 5.74) is 2.55. The van der Waals surface area contributed by atoms with Crippen molar-refractivity contribution in [2.45, 2.75) is 6.54 Å². The molecule has 0 N–H and O–H groups in total. The van der Waals surface area contributed by atoms with Gasteiger partial charge < -0.3 is 0 Å². The van der Waals surface area contributed by atoms with E-state index in [0.29, 0.717) is 23.1 Å². The molecule has 2 aliphatic heterocycles. The van der Waals surface area contributed by atoms with Gasteiger partial charge in [0.1, 0.15) is 0 Å². The highest BCUT2D eigenvalue weighted by Crippen LogP contribution is 2.28. The molecule has 0 spiro atoms. The highest BCUT2D eigenvalue weighted by molar-refractivity contribution is 8.16. The number of hydrogen-bond donors (Lipinski definition) is 0. The Hall–Kier alpha value is -2.92. The molecular weight excluding hydrogens is 330 g/mol. The van der Waals surface area contributed by atoms with Gasteiger partial charge in [-0.2, -0.15) is 0 Å². The van der Waals surface area contributed by atoms with Crippen molar-refractivity contribution in [3.8, 4) is 0 Å². The molecule has 4 rings (SSSR count). The van der Waals surface area contributed by atoms with Crippen molar-refractivity contribution >= 4 is 34.7 Å². The van der Waals surface area contributed by atoms with E-state index in [0.717, 1.165) is 11.1 Å². The van der Waals surface area contributed by atoms with Crippen molar-refractivity contribution in [3.63, 3.8) is 0 Å². The summed E-state index contributed by atoms with van der Waals surface area (Å²) in [7, 11) is 0. The predicted molar refractivity (Wildman–Crippen MR) is 103 cm³/mol. The van der Waals surface area contributed by atoms with E-state index in [1.165, 1.54) is 11.8 Å². The van der Waals surface area contributed by atoms with Crippen molar-refractivity contribution in [2.24, 2.45) is 9.98 Å². The number of nitrogens with zero attached hydrogens (tertiary/aromatic N) is 3. The van der Waals surface area contributed by atoms with Gasteiger partial charge >= 0.3 is 0 Å². The van der Waals surface area contributed by atoms with Gasteiger partial charge in [0.2, 0.25) is 0 Å². The summed E-state index contributed by atoms with van der Waals surface area (Å²) in [4.78, 5) is 23.6. The zero-order valence-electron chi connectivity index (χ0n) is 13.4. The van der Waals surface area contributed by atoms with Crippen LogP contribution in [0.3, 0.4) is 0 Å². The fourth-order valence-electron chi connectivity index (χ4n) is 2.60. The Labute approximate surface area is 150 Å². The zero-order chi connectivity index (χ0) is 17.1. The minimum Gasteiger partial charge on any atom is -0.268 e. The second-order valence-corrected chi connectivity index (χ2v) is 6.44. The number of carbonyl (C=O) groups excluding carboxylic acids is 1. The first kappa shape index (κ1) is 15.6. The highest BCUT2D eigenvalue weighted by Gasteiger charge is 2.32. The van der Waals surface area contributed by atoms with Gasteiger partial charge in [0.25, 0.3) is 5.91 Å². The molecule has 0 saturated heterocycles. The molecule has 0 fully saturated rings. The van der Waals surface area contributed by atoms with Crippen LogP contribution in [0.1, 0.15) is 11.1 Å².